The Bertz CT molecular complexity index is 486. The normalized spacial score (nSPS) is 23.2. The van der Waals surface area contributed by atoms with Crippen molar-refractivity contribution < 1.29 is 14.7 Å². The number of piperidine rings is 1. The Morgan fingerprint density at radius 3 is 2.47 bits per heavy atom. The van der Waals surface area contributed by atoms with E-state index in [0.29, 0.717) is 30.1 Å². The number of rotatable bonds is 2. The number of hydrogen-bond donors (Lipinski definition) is 1. The topological polar surface area (TPSA) is 57.6 Å². The van der Waals surface area contributed by atoms with E-state index in [2.05, 4.69) is 0 Å². The van der Waals surface area contributed by atoms with E-state index < -0.39 is 5.97 Å². The molecule has 1 fully saturated rings. The third kappa shape index (κ3) is 3.07. The molecule has 0 radical (unpaired) electrons. The monoisotopic (exact) mass is 281 g/mol. The molecule has 1 saturated heterocycles. The summed E-state index contributed by atoms with van der Waals surface area (Å²) in [6.07, 6.45) is 0.510. The second-order valence-corrected chi connectivity index (χ2v) is 5.41. The summed E-state index contributed by atoms with van der Waals surface area (Å²) >= 11 is 5.79. The van der Waals surface area contributed by atoms with Gasteiger partial charge in [0.05, 0.1) is 5.92 Å². The van der Waals surface area contributed by atoms with Crippen LogP contribution < -0.4 is 0 Å². The molecule has 2 rings (SSSR count). The number of carboxylic acids is 1. The third-order valence-electron chi connectivity index (χ3n) is 3.60. The lowest BCUT2D eigenvalue weighted by Gasteiger charge is -2.35. The van der Waals surface area contributed by atoms with Gasteiger partial charge < -0.3 is 10.0 Å². The molecule has 1 heterocycles. The van der Waals surface area contributed by atoms with Crippen molar-refractivity contribution in [2.75, 3.05) is 13.1 Å². The number of carbonyl (C=O) groups is 2. The van der Waals surface area contributed by atoms with E-state index in [1.54, 1.807) is 29.2 Å². The first-order valence-corrected chi connectivity index (χ1v) is 6.64. The molecule has 0 bridgehead atoms. The van der Waals surface area contributed by atoms with Crippen molar-refractivity contribution in [3.8, 4) is 0 Å². The molecule has 1 amide bonds. The quantitative estimate of drug-likeness (QED) is 0.906. The molecule has 0 spiro atoms. The van der Waals surface area contributed by atoms with E-state index in [1.165, 1.54) is 0 Å². The van der Waals surface area contributed by atoms with Gasteiger partial charge in [0.2, 0.25) is 0 Å². The Morgan fingerprint density at radius 2 is 1.95 bits per heavy atom. The summed E-state index contributed by atoms with van der Waals surface area (Å²) in [5.74, 6) is -1.21. The molecular formula is C14H16ClNO3. The van der Waals surface area contributed by atoms with Gasteiger partial charge in [-0.2, -0.15) is 0 Å². The second-order valence-electron chi connectivity index (χ2n) is 4.97. The van der Waals surface area contributed by atoms with Crippen molar-refractivity contribution in [1.29, 1.82) is 0 Å². The highest BCUT2D eigenvalue weighted by Crippen LogP contribution is 2.24. The van der Waals surface area contributed by atoms with Crippen molar-refractivity contribution in [3.63, 3.8) is 0 Å². The minimum atomic E-state index is -0.772. The summed E-state index contributed by atoms with van der Waals surface area (Å²) in [5.41, 5.74) is 0.588. The molecule has 102 valence electrons. The fourth-order valence-corrected chi connectivity index (χ4v) is 2.60. The van der Waals surface area contributed by atoms with Gasteiger partial charge in [-0.1, -0.05) is 18.5 Å². The molecule has 19 heavy (non-hydrogen) atoms. The van der Waals surface area contributed by atoms with Crippen LogP contribution >= 0.6 is 11.6 Å². The summed E-state index contributed by atoms with van der Waals surface area (Å²) in [5, 5.41) is 9.66. The highest BCUT2D eigenvalue weighted by molar-refractivity contribution is 6.30. The smallest absolute Gasteiger partial charge is 0.306 e. The Labute approximate surface area is 117 Å². The minimum absolute atomic E-state index is 0.0255. The van der Waals surface area contributed by atoms with E-state index in [1.807, 2.05) is 6.92 Å². The lowest BCUT2D eigenvalue weighted by Crippen LogP contribution is -2.44. The van der Waals surface area contributed by atoms with Gasteiger partial charge in [-0.3, -0.25) is 9.59 Å². The van der Waals surface area contributed by atoms with E-state index >= 15 is 0 Å². The van der Waals surface area contributed by atoms with Gasteiger partial charge in [-0.25, -0.2) is 0 Å². The predicted octanol–water partition coefficient (Wildman–Crippen LogP) is 2.52. The van der Waals surface area contributed by atoms with Crippen molar-refractivity contribution in [2.45, 2.75) is 13.3 Å². The second kappa shape index (κ2) is 5.61. The number of carbonyl (C=O) groups excluding carboxylic acids is 1. The summed E-state index contributed by atoms with van der Waals surface area (Å²) in [7, 11) is 0. The first-order valence-electron chi connectivity index (χ1n) is 6.26. The first kappa shape index (κ1) is 13.9. The average molecular weight is 282 g/mol. The number of hydrogen-bond acceptors (Lipinski definition) is 2. The Kier molecular flexibility index (Phi) is 4.10. The van der Waals surface area contributed by atoms with Crippen LogP contribution in [0.25, 0.3) is 0 Å². The summed E-state index contributed by atoms with van der Waals surface area (Å²) in [4.78, 5) is 25.0. The lowest BCUT2D eigenvalue weighted by molar-refractivity contribution is -0.145. The number of likely N-dealkylation sites (tertiary alicyclic amines) is 1. The van der Waals surface area contributed by atoms with Gasteiger partial charge in [0.15, 0.2) is 0 Å². The molecule has 0 aliphatic carbocycles. The number of nitrogens with zero attached hydrogens (tertiary/aromatic N) is 1. The molecule has 1 N–H and O–H groups in total. The third-order valence-corrected chi connectivity index (χ3v) is 3.85. The number of benzene rings is 1. The number of carboxylic acid groups (broad SMARTS) is 1. The van der Waals surface area contributed by atoms with Crippen molar-refractivity contribution in [1.82, 2.24) is 4.90 Å². The molecule has 0 saturated carbocycles. The lowest BCUT2D eigenvalue weighted by atomic mass is 9.87. The highest BCUT2D eigenvalue weighted by atomic mass is 35.5. The maximum Gasteiger partial charge on any atom is 0.306 e. The van der Waals surface area contributed by atoms with Crippen LogP contribution in [-0.2, 0) is 4.79 Å². The average Bonchev–Trinajstić information content (AvgIpc) is 2.38. The van der Waals surface area contributed by atoms with Crippen molar-refractivity contribution in [2.24, 2.45) is 11.8 Å². The zero-order valence-electron chi connectivity index (χ0n) is 10.7. The number of aliphatic carboxylic acids is 1. The van der Waals surface area contributed by atoms with Crippen LogP contribution in [0, 0.1) is 11.8 Å². The highest BCUT2D eigenvalue weighted by Gasteiger charge is 2.33. The molecule has 1 aromatic rings. The maximum absolute atomic E-state index is 12.3. The van der Waals surface area contributed by atoms with Gasteiger partial charge in [0.25, 0.3) is 5.91 Å². The molecule has 1 aliphatic rings. The molecule has 4 nitrogen and oxygen atoms in total. The zero-order valence-corrected chi connectivity index (χ0v) is 11.4. The van der Waals surface area contributed by atoms with Crippen LogP contribution in [0.15, 0.2) is 24.3 Å². The molecule has 2 unspecified atom stereocenters. The van der Waals surface area contributed by atoms with Gasteiger partial charge >= 0.3 is 5.97 Å². The summed E-state index contributed by atoms with van der Waals surface area (Å²) in [6.45, 7) is 2.85. The Balaban J connectivity index is 2.06. The largest absolute Gasteiger partial charge is 0.481 e. The predicted molar refractivity (Wildman–Crippen MR) is 72.3 cm³/mol. The fraction of sp³-hybridized carbons (Fsp3) is 0.429. The van der Waals surface area contributed by atoms with E-state index in [4.69, 9.17) is 16.7 Å². The molecule has 0 aromatic heterocycles. The Morgan fingerprint density at radius 1 is 1.32 bits per heavy atom. The van der Waals surface area contributed by atoms with Crippen LogP contribution in [0.1, 0.15) is 23.7 Å². The van der Waals surface area contributed by atoms with E-state index in [0.717, 1.165) is 0 Å². The maximum atomic E-state index is 12.3. The van der Waals surface area contributed by atoms with Crippen LogP contribution in [0.4, 0.5) is 0 Å². The SMILES string of the molecule is CC1CN(C(=O)c2ccc(Cl)cc2)CCC1C(=O)O. The zero-order chi connectivity index (χ0) is 14.0. The van der Waals surface area contributed by atoms with Crippen molar-refractivity contribution >= 4 is 23.5 Å². The van der Waals surface area contributed by atoms with Crippen LogP contribution in [0.2, 0.25) is 5.02 Å². The molecule has 5 heteroatoms. The number of amides is 1. The fourth-order valence-electron chi connectivity index (χ4n) is 2.47. The molecule has 2 atom stereocenters. The van der Waals surface area contributed by atoms with Crippen LogP contribution in [-0.4, -0.2) is 35.0 Å². The standard InChI is InChI=1S/C14H16ClNO3/c1-9-8-16(7-6-12(9)14(18)19)13(17)10-2-4-11(15)5-3-10/h2-5,9,12H,6-8H2,1H3,(H,18,19). The molecule has 1 aromatic carbocycles. The number of halogens is 1. The van der Waals surface area contributed by atoms with Gasteiger partial charge in [-0.05, 0) is 36.6 Å². The van der Waals surface area contributed by atoms with Crippen LogP contribution in [0.3, 0.4) is 0 Å². The Hall–Kier alpha value is -1.55. The minimum Gasteiger partial charge on any atom is -0.481 e. The summed E-state index contributed by atoms with van der Waals surface area (Å²) in [6, 6.07) is 6.75. The van der Waals surface area contributed by atoms with E-state index in [9.17, 15) is 9.59 Å². The first-order chi connectivity index (χ1) is 8.99. The van der Waals surface area contributed by atoms with Gasteiger partial charge in [0.1, 0.15) is 0 Å². The molecular weight excluding hydrogens is 266 g/mol. The summed E-state index contributed by atoms with van der Waals surface area (Å²) < 4.78 is 0. The van der Waals surface area contributed by atoms with Gasteiger partial charge in [-0.15, -0.1) is 0 Å². The van der Waals surface area contributed by atoms with E-state index in [-0.39, 0.29) is 17.7 Å². The van der Waals surface area contributed by atoms with Crippen molar-refractivity contribution in [3.05, 3.63) is 34.9 Å². The van der Waals surface area contributed by atoms with Gasteiger partial charge in [0, 0.05) is 23.7 Å². The molecule has 1 aliphatic heterocycles. The van der Waals surface area contributed by atoms with Crippen LogP contribution in [0.5, 0.6) is 0 Å².